The van der Waals surface area contributed by atoms with Crippen LogP contribution in [0, 0.1) is 0 Å². The van der Waals surface area contributed by atoms with Gasteiger partial charge >= 0.3 is 21.6 Å². The second-order valence-electron chi connectivity index (χ2n) is 10.2. The molecule has 0 saturated heterocycles. The molecule has 0 aromatic heterocycles. The second kappa shape index (κ2) is 12.1. The number of sulfonamides is 1. The number of alkyl halides is 3. The number of nitrogens with zero attached hydrogens (tertiary/aromatic N) is 2. The number of benzene rings is 3. The highest BCUT2D eigenvalue weighted by Crippen LogP contribution is 2.39. The minimum atomic E-state index is -5.62. The topological polar surface area (TPSA) is 107 Å². The van der Waals surface area contributed by atoms with Crippen LogP contribution in [0.3, 0.4) is 0 Å². The number of fused-ring (bicyclic) bond motifs is 1. The molecule has 4 rings (SSSR count). The molecule has 1 aliphatic heterocycles. The van der Waals surface area contributed by atoms with Crippen molar-refractivity contribution in [2.45, 2.75) is 37.5 Å². The highest BCUT2D eigenvalue weighted by molar-refractivity contribution is 7.93. The smallest absolute Gasteiger partial charge is 0.435 e. The average Bonchev–Trinajstić information content (AvgIpc) is 3.29. The number of anilines is 1. The molecule has 0 radical (unpaired) electrons. The van der Waals surface area contributed by atoms with Crippen LogP contribution in [0.1, 0.15) is 35.3 Å². The van der Waals surface area contributed by atoms with E-state index in [4.69, 9.17) is 11.6 Å². The Balaban J connectivity index is 1.49. The standard InChI is InChI=1S/C29H29ClF3N3O5S/c1-19(34-17-27(37)23-6-4-7-24(30)16-23)13-20-9-10-26-22(14-20)11-12-36(26,28(38)39)18-21-5-3-8-25(15-21)35(2)42(40,41)29(31,32)33/h3-12,14-16,19,27,34,37H,13,17-18H2,1-2H3/p+1. The normalized spacial score (nSPS) is 18.0. The van der Waals surface area contributed by atoms with Gasteiger partial charge in [-0.05, 0) is 54.8 Å². The van der Waals surface area contributed by atoms with E-state index in [1.165, 1.54) is 30.5 Å². The summed E-state index contributed by atoms with van der Waals surface area (Å²) in [6, 6.07) is 17.7. The van der Waals surface area contributed by atoms with Crippen molar-refractivity contribution in [2.75, 3.05) is 17.9 Å². The molecule has 0 fully saturated rings. The number of quaternary nitrogens is 1. The number of hydrogen-bond acceptors (Lipinski definition) is 5. The Morgan fingerprint density at radius 1 is 1.07 bits per heavy atom. The van der Waals surface area contributed by atoms with Gasteiger partial charge in [-0.25, -0.2) is 0 Å². The number of aliphatic hydroxyl groups excluding tert-OH is 1. The second-order valence-corrected chi connectivity index (χ2v) is 12.6. The molecule has 1 amide bonds. The maximum absolute atomic E-state index is 13.1. The average molecular weight is 625 g/mol. The van der Waals surface area contributed by atoms with Gasteiger partial charge in [-0.2, -0.15) is 30.9 Å². The van der Waals surface area contributed by atoms with E-state index in [0.717, 1.165) is 12.6 Å². The van der Waals surface area contributed by atoms with Gasteiger partial charge in [0.2, 0.25) is 0 Å². The van der Waals surface area contributed by atoms with Gasteiger partial charge in [0.25, 0.3) is 0 Å². The molecule has 0 aliphatic carbocycles. The summed E-state index contributed by atoms with van der Waals surface area (Å²) in [4.78, 5) is 12.6. The number of aliphatic hydroxyl groups is 1. The summed E-state index contributed by atoms with van der Waals surface area (Å²) in [5, 5.41) is 24.6. The highest BCUT2D eigenvalue weighted by Gasteiger charge is 2.49. The maximum Gasteiger partial charge on any atom is 0.523 e. The van der Waals surface area contributed by atoms with Gasteiger partial charge in [-0.15, -0.1) is 0 Å². The van der Waals surface area contributed by atoms with Crippen molar-refractivity contribution >= 4 is 45.2 Å². The summed E-state index contributed by atoms with van der Waals surface area (Å²) in [6.07, 6.45) is 1.82. The molecule has 3 aromatic carbocycles. The van der Waals surface area contributed by atoms with Gasteiger partial charge in [0.1, 0.15) is 12.7 Å². The van der Waals surface area contributed by atoms with E-state index in [1.54, 1.807) is 36.4 Å². The van der Waals surface area contributed by atoms with Crippen LogP contribution < -0.4 is 14.1 Å². The van der Waals surface area contributed by atoms with Crippen molar-refractivity contribution in [3.05, 3.63) is 100 Å². The first-order valence-electron chi connectivity index (χ1n) is 12.9. The summed E-state index contributed by atoms with van der Waals surface area (Å²) in [5.74, 6) is 0. The number of rotatable bonds is 10. The van der Waals surface area contributed by atoms with Crippen molar-refractivity contribution in [1.29, 1.82) is 0 Å². The summed E-state index contributed by atoms with van der Waals surface area (Å²) in [7, 11) is -4.82. The first kappa shape index (κ1) is 31.5. The van der Waals surface area contributed by atoms with Crippen molar-refractivity contribution < 1.29 is 36.6 Å². The zero-order chi connectivity index (χ0) is 30.9. The Morgan fingerprint density at radius 3 is 2.45 bits per heavy atom. The predicted octanol–water partition coefficient (Wildman–Crippen LogP) is 6.05. The van der Waals surface area contributed by atoms with Crippen molar-refractivity contribution in [3.63, 3.8) is 0 Å². The minimum Gasteiger partial charge on any atom is -0.435 e. The quantitative estimate of drug-likeness (QED) is 0.237. The Bertz CT molecular complexity index is 1620. The lowest BCUT2D eigenvalue weighted by atomic mass is 10.0. The van der Waals surface area contributed by atoms with Crippen LogP contribution >= 0.6 is 11.6 Å². The monoisotopic (exact) mass is 624 g/mol. The highest BCUT2D eigenvalue weighted by atomic mass is 35.5. The molecule has 0 bridgehead atoms. The SMILES string of the molecule is CC(Cc1ccc2c(c1)C=C[N+]2(Cc1cccc(N(C)S(=O)(=O)C(F)(F)F)c1)C(=O)O)NCC(O)c1cccc(Cl)c1. The molecule has 0 spiro atoms. The zero-order valence-corrected chi connectivity index (χ0v) is 24.3. The van der Waals surface area contributed by atoms with Gasteiger partial charge in [-0.3, -0.25) is 4.31 Å². The minimum absolute atomic E-state index is 0.0197. The predicted molar refractivity (Wildman–Crippen MR) is 156 cm³/mol. The van der Waals surface area contributed by atoms with E-state index < -0.39 is 32.2 Å². The summed E-state index contributed by atoms with van der Waals surface area (Å²) >= 11 is 6.00. The number of amides is 1. The third-order valence-corrected chi connectivity index (χ3v) is 8.92. The molecule has 1 heterocycles. The lowest BCUT2D eigenvalue weighted by Gasteiger charge is -2.27. The van der Waals surface area contributed by atoms with Crippen molar-refractivity contribution in [3.8, 4) is 0 Å². The Morgan fingerprint density at radius 2 is 1.79 bits per heavy atom. The third-order valence-electron chi connectivity index (χ3n) is 7.17. The fourth-order valence-corrected chi connectivity index (χ4v) is 5.79. The fraction of sp³-hybridized carbons (Fsp3) is 0.276. The fourth-order valence-electron chi connectivity index (χ4n) is 4.89. The van der Waals surface area contributed by atoms with E-state index in [-0.39, 0.29) is 22.6 Å². The molecule has 3 N–H and O–H groups in total. The molecule has 3 atom stereocenters. The van der Waals surface area contributed by atoms with Crippen molar-refractivity contribution in [2.24, 2.45) is 0 Å². The lowest BCUT2D eigenvalue weighted by Crippen LogP contribution is -2.46. The first-order valence-corrected chi connectivity index (χ1v) is 14.7. The van der Waals surface area contributed by atoms with Gasteiger partial charge in [0.15, 0.2) is 5.69 Å². The zero-order valence-electron chi connectivity index (χ0n) is 22.7. The van der Waals surface area contributed by atoms with Crippen LogP contribution in [0.2, 0.25) is 5.02 Å². The van der Waals surface area contributed by atoms with Gasteiger partial charge in [0, 0.05) is 47.9 Å². The Kier molecular flexibility index (Phi) is 9.05. The largest absolute Gasteiger partial charge is 0.523 e. The summed E-state index contributed by atoms with van der Waals surface area (Å²) in [5.41, 5.74) is -2.62. The molecule has 13 heteroatoms. The van der Waals surface area contributed by atoms with Crippen LogP contribution in [0.5, 0.6) is 0 Å². The van der Waals surface area contributed by atoms with Crippen LogP contribution in [0.15, 0.2) is 72.9 Å². The van der Waals surface area contributed by atoms with E-state index in [2.05, 4.69) is 5.32 Å². The van der Waals surface area contributed by atoms with Gasteiger partial charge in [-0.1, -0.05) is 41.9 Å². The summed E-state index contributed by atoms with van der Waals surface area (Å²) < 4.78 is 62.4. The van der Waals surface area contributed by atoms with Crippen LogP contribution in [-0.2, 0) is 23.0 Å². The summed E-state index contributed by atoms with van der Waals surface area (Å²) in [6.45, 7) is 2.11. The molecule has 3 aromatic rings. The molecular formula is C29H30ClF3N3O5S+. The maximum atomic E-state index is 13.1. The van der Waals surface area contributed by atoms with Gasteiger partial charge < -0.3 is 15.5 Å². The van der Waals surface area contributed by atoms with Crippen LogP contribution in [0.4, 0.5) is 29.3 Å². The van der Waals surface area contributed by atoms with E-state index >= 15 is 0 Å². The molecule has 3 unspecified atom stereocenters. The van der Waals surface area contributed by atoms with E-state index in [1.807, 2.05) is 19.1 Å². The van der Waals surface area contributed by atoms with E-state index in [0.29, 0.717) is 40.4 Å². The van der Waals surface area contributed by atoms with E-state index in [9.17, 15) is 36.6 Å². The molecule has 1 aliphatic rings. The molecular weight excluding hydrogens is 595 g/mol. The lowest BCUT2D eigenvalue weighted by molar-refractivity contribution is -0.0437. The van der Waals surface area contributed by atoms with Crippen molar-refractivity contribution in [1.82, 2.24) is 9.80 Å². The molecule has 42 heavy (non-hydrogen) atoms. The Hall–Kier alpha value is -3.42. The Labute approximate surface area is 246 Å². The van der Waals surface area contributed by atoms with Crippen LogP contribution in [-0.4, -0.2) is 49.9 Å². The molecule has 0 saturated carbocycles. The number of halogens is 4. The first-order chi connectivity index (χ1) is 19.6. The number of hydrogen-bond donors (Lipinski definition) is 3. The number of carboxylic acid groups (broad SMARTS) is 1. The number of carbonyl (C=O) groups is 1. The molecule has 224 valence electrons. The van der Waals surface area contributed by atoms with Crippen LogP contribution in [0.25, 0.3) is 6.08 Å². The third kappa shape index (κ3) is 6.47. The number of nitrogens with one attached hydrogen (secondary N) is 1. The molecule has 8 nitrogen and oxygen atoms in total. The van der Waals surface area contributed by atoms with Gasteiger partial charge in [0.05, 0.1) is 11.8 Å².